The van der Waals surface area contributed by atoms with Crippen molar-refractivity contribution in [2.45, 2.75) is 26.7 Å². The Kier molecular flexibility index (Phi) is 5.39. The van der Waals surface area contributed by atoms with Crippen molar-refractivity contribution in [2.24, 2.45) is 5.92 Å². The molecule has 1 fully saturated rings. The maximum atomic E-state index is 12.7. The van der Waals surface area contributed by atoms with Gasteiger partial charge in [0.25, 0.3) is 5.91 Å². The number of hydrogen-bond donors (Lipinski definition) is 0. The zero-order valence-electron chi connectivity index (χ0n) is 12.4. The quantitative estimate of drug-likeness (QED) is 0.784. The highest BCUT2D eigenvalue weighted by Gasteiger charge is 2.30. The fourth-order valence-corrected chi connectivity index (χ4v) is 2.99. The van der Waals surface area contributed by atoms with E-state index in [9.17, 15) is 9.59 Å². The van der Waals surface area contributed by atoms with E-state index in [1.54, 1.807) is 11.8 Å². The van der Waals surface area contributed by atoms with Crippen LogP contribution in [0.1, 0.15) is 35.7 Å². The molecular formula is C16H20BrNO3. The highest BCUT2D eigenvalue weighted by Crippen LogP contribution is 2.24. The molecule has 1 aromatic rings. The molecule has 0 radical (unpaired) electrons. The first kappa shape index (κ1) is 16.0. The summed E-state index contributed by atoms with van der Waals surface area (Å²) in [5.74, 6) is -0.404. The van der Waals surface area contributed by atoms with Gasteiger partial charge in [-0.3, -0.25) is 9.59 Å². The topological polar surface area (TPSA) is 46.6 Å². The van der Waals surface area contributed by atoms with Crippen LogP contribution in [0.4, 0.5) is 0 Å². The molecule has 0 unspecified atom stereocenters. The van der Waals surface area contributed by atoms with E-state index in [1.165, 1.54) is 0 Å². The summed E-state index contributed by atoms with van der Waals surface area (Å²) < 4.78 is 6.00. The van der Waals surface area contributed by atoms with Crippen LogP contribution in [0.15, 0.2) is 22.7 Å². The van der Waals surface area contributed by atoms with E-state index in [2.05, 4.69) is 15.9 Å². The standard InChI is InChI=1S/C16H20BrNO3/c1-3-21-16(20)12-6-5-9-18(10-12)15(19)13-7-4-8-14(17)11(13)2/h4,7-8,12H,3,5-6,9-10H2,1-2H3/t12-/m1/s1. The number of carbonyl (C=O) groups is 2. The van der Waals surface area contributed by atoms with E-state index < -0.39 is 0 Å². The van der Waals surface area contributed by atoms with Gasteiger partial charge in [0, 0.05) is 23.1 Å². The molecule has 114 valence electrons. The van der Waals surface area contributed by atoms with E-state index in [0.29, 0.717) is 25.3 Å². The maximum absolute atomic E-state index is 12.7. The third-order valence-corrected chi connectivity index (χ3v) is 4.69. The van der Waals surface area contributed by atoms with Crippen LogP contribution in [0.25, 0.3) is 0 Å². The van der Waals surface area contributed by atoms with Gasteiger partial charge in [-0.25, -0.2) is 0 Å². The Balaban J connectivity index is 2.12. The van der Waals surface area contributed by atoms with Crippen molar-refractivity contribution in [3.63, 3.8) is 0 Å². The molecule has 0 N–H and O–H groups in total. The van der Waals surface area contributed by atoms with Crippen molar-refractivity contribution in [1.29, 1.82) is 0 Å². The summed E-state index contributed by atoms with van der Waals surface area (Å²) >= 11 is 3.45. The second-order valence-corrected chi connectivity index (χ2v) is 6.11. The lowest BCUT2D eigenvalue weighted by Crippen LogP contribution is -2.43. The first-order chi connectivity index (χ1) is 10.0. The average molecular weight is 354 g/mol. The minimum absolute atomic E-state index is 0.0113. The molecule has 0 bridgehead atoms. The lowest BCUT2D eigenvalue weighted by atomic mass is 9.97. The van der Waals surface area contributed by atoms with E-state index in [0.717, 1.165) is 22.9 Å². The van der Waals surface area contributed by atoms with Gasteiger partial charge < -0.3 is 9.64 Å². The Bertz CT molecular complexity index is 544. The molecule has 0 spiro atoms. The minimum Gasteiger partial charge on any atom is -0.466 e. The Labute approximate surface area is 133 Å². The molecule has 1 aliphatic rings. The highest BCUT2D eigenvalue weighted by atomic mass is 79.9. The first-order valence-corrected chi connectivity index (χ1v) is 8.05. The Morgan fingerprint density at radius 1 is 1.43 bits per heavy atom. The van der Waals surface area contributed by atoms with Gasteiger partial charge in [-0.2, -0.15) is 0 Å². The van der Waals surface area contributed by atoms with E-state index in [-0.39, 0.29) is 17.8 Å². The normalized spacial score (nSPS) is 18.4. The second kappa shape index (κ2) is 7.07. The van der Waals surface area contributed by atoms with Crippen molar-refractivity contribution in [1.82, 2.24) is 4.90 Å². The smallest absolute Gasteiger partial charge is 0.310 e. The summed E-state index contributed by atoms with van der Waals surface area (Å²) in [7, 11) is 0. The van der Waals surface area contributed by atoms with Crippen LogP contribution >= 0.6 is 15.9 Å². The average Bonchev–Trinajstić information content (AvgIpc) is 2.50. The molecular weight excluding hydrogens is 334 g/mol. The first-order valence-electron chi connectivity index (χ1n) is 7.25. The van der Waals surface area contributed by atoms with Crippen LogP contribution in [0.3, 0.4) is 0 Å². The molecule has 1 aromatic carbocycles. The number of nitrogens with zero attached hydrogens (tertiary/aromatic N) is 1. The van der Waals surface area contributed by atoms with Gasteiger partial charge in [0.15, 0.2) is 0 Å². The zero-order valence-corrected chi connectivity index (χ0v) is 14.0. The van der Waals surface area contributed by atoms with Gasteiger partial charge in [-0.1, -0.05) is 22.0 Å². The number of carbonyl (C=O) groups excluding carboxylic acids is 2. The van der Waals surface area contributed by atoms with E-state index >= 15 is 0 Å². The van der Waals surface area contributed by atoms with Gasteiger partial charge in [0.05, 0.1) is 12.5 Å². The zero-order chi connectivity index (χ0) is 15.4. The summed E-state index contributed by atoms with van der Waals surface area (Å²) in [4.78, 5) is 26.3. The lowest BCUT2D eigenvalue weighted by molar-refractivity contribution is -0.149. The summed E-state index contributed by atoms with van der Waals surface area (Å²) in [5.41, 5.74) is 1.62. The van der Waals surface area contributed by atoms with Crippen LogP contribution in [-0.4, -0.2) is 36.5 Å². The largest absolute Gasteiger partial charge is 0.466 e. The summed E-state index contributed by atoms with van der Waals surface area (Å²) in [6, 6.07) is 5.61. The van der Waals surface area contributed by atoms with Gasteiger partial charge in [0.2, 0.25) is 0 Å². The van der Waals surface area contributed by atoms with Crippen molar-refractivity contribution >= 4 is 27.8 Å². The van der Waals surface area contributed by atoms with Crippen LogP contribution in [0.2, 0.25) is 0 Å². The Morgan fingerprint density at radius 2 is 2.19 bits per heavy atom. The number of esters is 1. The van der Waals surface area contributed by atoms with Gasteiger partial charge in [0.1, 0.15) is 0 Å². The third-order valence-electron chi connectivity index (χ3n) is 3.83. The predicted molar refractivity (Wildman–Crippen MR) is 84.1 cm³/mol. The molecule has 1 atom stereocenters. The van der Waals surface area contributed by atoms with Crippen LogP contribution in [0.5, 0.6) is 0 Å². The van der Waals surface area contributed by atoms with E-state index in [1.807, 2.05) is 25.1 Å². The van der Waals surface area contributed by atoms with Crippen molar-refractivity contribution in [2.75, 3.05) is 19.7 Å². The summed E-state index contributed by atoms with van der Waals surface area (Å²) in [5, 5.41) is 0. The van der Waals surface area contributed by atoms with Crippen molar-refractivity contribution < 1.29 is 14.3 Å². The molecule has 2 rings (SSSR count). The summed E-state index contributed by atoms with van der Waals surface area (Å²) in [6.07, 6.45) is 1.63. The fourth-order valence-electron chi connectivity index (χ4n) is 2.62. The molecule has 1 aliphatic heterocycles. The van der Waals surface area contributed by atoms with E-state index in [4.69, 9.17) is 4.74 Å². The number of rotatable bonds is 3. The second-order valence-electron chi connectivity index (χ2n) is 5.25. The Hall–Kier alpha value is -1.36. The summed E-state index contributed by atoms with van der Waals surface area (Å²) in [6.45, 7) is 5.25. The van der Waals surface area contributed by atoms with Crippen LogP contribution in [-0.2, 0) is 9.53 Å². The number of likely N-dealkylation sites (tertiary alicyclic amines) is 1. The van der Waals surface area contributed by atoms with Crippen molar-refractivity contribution in [3.8, 4) is 0 Å². The Morgan fingerprint density at radius 3 is 2.90 bits per heavy atom. The molecule has 4 nitrogen and oxygen atoms in total. The highest BCUT2D eigenvalue weighted by molar-refractivity contribution is 9.10. The molecule has 1 heterocycles. The molecule has 21 heavy (non-hydrogen) atoms. The number of piperidine rings is 1. The third kappa shape index (κ3) is 3.64. The number of ether oxygens (including phenoxy) is 1. The van der Waals surface area contributed by atoms with Gasteiger partial charge >= 0.3 is 5.97 Å². The molecule has 0 aliphatic carbocycles. The number of amides is 1. The molecule has 0 saturated carbocycles. The molecule has 1 saturated heterocycles. The maximum Gasteiger partial charge on any atom is 0.310 e. The number of benzene rings is 1. The number of halogens is 1. The van der Waals surface area contributed by atoms with Gasteiger partial charge in [-0.15, -0.1) is 0 Å². The fraction of sp³-hybridized carbons (Fsp3) is 0.500. The van der Waals surface area contributed by atoms with Crippen LogP contribution < -0.4 is 0 Å². The SMILES string of the molecule is CCOC(=O)[C@@H]1CCCN(C(=O)c2cccc(Br)c2C)C1. The van der Waals surface area contributed by atoms with Gasteiger partial charge in [-0.05, 0) is 44.4 Å². The molecule has 0 aromatic heterocycles. The predicted octanol–water partition coefficient (Wildman–Crippen LogP) is 3.17. The number of hydrogen-bond acceptors (Lipinski definition) is 3. The monoisotopic (exact) mass is 353 g/mol. The lowest BCUT2D eigenvalue weighted by Gasteiger charge is -2.32. The molecule has 5 heteroatoms. The van der Waals surface area contributed by atoms with Crippen molar-refractivity contribution in [3.05, 3.63) is 33.8 Å². The molecule has 1 amide bonds. The van der Waals surface area contributed by atoms with Crippen LogP contribution in [0, 0.1) is 12.8 Å². The minimum atomic E-state index is -0.199.